The molecule has 1 rings (SSSR count). The molecule has 0 saturated heterocycles. The van der Waals surface area contributed by atoms with Gasteiger partial charge >= 0.3 is 5.97 Å². The van der Waals surface area contributed by atoms with Crippen LogP contribution in [0.1, 0.15) is 43.1 Å². The summed E-state index contributed by atoms with van der Waals surface area (Å²) in [7, 11) is 1.36. The van der Waals surface area contributed by atoms with Crippen molar-refractivity contribution in [1.29, 1.82) is 0 Å². The van der Waals surface area contributed by atoms with Crippen LogP contribution in [-0.2, 0) is 14.3 Å². The SMILES string of the molecule is COC(=O)C(C)CN(CCCOC(C)C)C(=O)c1ccc(C)cc1. The number of esters is 1. The Morgan fingerprint density at radius 1 is 1.12 bits per heavy atom. The monoisotopic (exact) mass is 335 g/mol. The fraction of sp³-hybridized carbons (Fsp3) is 0.579. The molecule has 0 aliphatic rings. The molecule has 0 heterocycles. The average molecular weight is 335 g/mol. The number of rotatable bonds is 9. The molecule has 134 valence electrons. The highest BCUT2D eigenvalue weighted by Crippen LogP contribution is 2.11. The first-order valence-electron chi connectivity index (χ1n) is 8.40. The van der Waals surface area contributed by atoms with E-state index in [0.717, 1.165) is 12.0 Å². The summed E-state index contributed by atoms with van der Waals surface area (Å²) >= 11 is 0. The quantitative estimate of drug-likeness (QED) is 0.514. The predicted octanol–water partition coefficient (Wildman–Crippen LogP) is 3.06. The van der Waals surface area contributed by atoms with Crippen LogP contribution >= 0.6 is 0 Å². The number of ether oxygens (including phenoxy) is 2. The van der Waals surface area contributed by atoms with Crippen LogP contribution in [0.2, 0.25) is 0 Å². The maximum Gasteiger partial charge on any atom is 0.310 e. The van der Waals surface area contributed by atoms with Gasteiger partial charge in [0, 0.05) is 25.3 Å². The number of methoxy groups -OCH3 is 1. The van der Waals surface area contributed by atoms with E-state index in [1.165, 1.54) is 7.11 Å². The Kier molecular flexibility index (Phi) is 8.47. The second-order valence-corrected chi connectivity index (χ2v) is 6.31. The zero-order valence-electron chi connectivity index (χ0n) is 15.4. The lowest BCUT2D eigenvalue weighted by Gasteiger charge is -2.25. The summed E-state index contributed by atoms with van der Waals surface area (Å²) in [4.78, 5) is 26.2. The van der Waals surface area contributed by atoms with E-state index in [-0.39, 0.29) is 23.9 Å². The van der Waals surface area contributed by atoms with Crippen LogP contribution in [0.25, 0.3) is 0 Å². The van der Waals surface area contributed by atoms with Crippen LogP contribution in [0, 0.1) is 12.8 Å². The van der Waals surface area contributed by atoms with Gasteiger partial charge in [-0.15, -0.1) is 0 Å². The largest absolute Gasteiger partial charge is 0.469 e. The molecule has 1 aromatic rings. The number of nitrogens with zero attached hydrogens (tertiary/aromatic N) is 1. The van der Waals surface area contributed by atoms with Gasteiger partial charge in [-0.05, 0) is 39.3 Å². The lowest BCUT2D eigenvalue weighted by Crippen LogP contribution is -2.38. The number of benzene rings is 1. The van der Waals surface area contributed by atoms with Crippen molar-refractivity contribution >= 4 is 11.9 Å². The van der Waals surface area contributed by atoms with Gasteiger partial charge in [0.25, 0.3) is 5.91 Å². The van der Waals surface area contributed by atoms with Gasteiger partial charge in [-0.25, -0.2) is 0 Å². The number of carbonyl (C=O) groups is 2. The van der Waals surface area contributed by atoms with E-state index in [1.807, 2.05) is 45.0 Å². The van der Waals surface area contributed by atoms with Crippen molar-refractivity contribution in [2.75, 3.05) is 26.8 Å². The molecular formula is C19H29NO4. The van der Waals surface area contributed by atoms with E-state index in [1.54, 1.807) is 11.8 Å². The minimum Gasteiger partial charge on any atom is -0.469 e. The Morgan fingerprint density at radius 3 is 2.29 bits per heavy atom. The third kappa shape index (κ3) is 6.71. The van der Waals surface area contributed by atoms with E-state index >= 15 is 0 Å². The fourth-order valence-corrected chi connectivity index (χ4v) is 2.34. The molecule has 5 heteroatoms. The zero-order valence-corrected chi connectivity index (χ0v) is 15.4. The Hall–Kier alpha value is -1.88. The van der Waals surface area contributed by atoms with Crippen LogP contribution in [0.3, 0.4) is 0 Å². The molecule has 0 aliphatic heterocycles. The van der Waals surface area contributed by atoms with Crippen LogP contribution in [0.4, 0.5) is 0 Å². The van der Waals surface area contributed by atoms with Crippen LogP contribution in [0.15, 0.2) is 24.3 Å². The van der Waals surface area contributed by atoms with Crippen molar-refractivity contribution in [3.63, 3.8) is 0 Å². The molecule has 0 N–H and O–H groups in total. The smallest absolute Gasteiger partial charge is 0.310 e. The number of hydrogen-bond acceptors (Lipinski definition) is 4. The fourth-order valence-electron chi connectivity index (χ4n) is 2.34. The van der Waals surface area contributed by atoms with Gasteiger partial charge in [0.15, 0.2) is 0 Å². The highest BCUT2D eigenvalue weighted by Gasteiger charge is 2.22. The van der Waals surface area contributed by atoms with E-state index in [4.69, 9.17) is 9.47 Å². The van der Waals surface area contributed by atoms with E-state index in [9.17, 15) is 9.59 Å². The molecule has 5 nitrogen and oxygen atoms in total. The molecule has 1 amide bonds. The van der Waals surface area contributed by atoms with Crippen molar-refractivity contribution in [3.8, 4) is 0 Å². The lowest BCUT2D eigenvalue weighted by molar-refractivity contribution is -0.145. The van der Waals surface area contributed by atoms with Crippen LogP contribution < -0.4 is 0 Å². The van der Waals surface area contributed by atoms with Crippen molar-refractivity contribution in [3.05, 3.63) is 35.4 Å². The molecule has 0 radical (unpaired) electrons. The van der Waals surface area contributed by atoms with E-state index in [0.29, 0.717) is 25.3 Å². The van der Waals surface area contributed by atoms with E-state index in [2.05, 4.69) is 0 Å². The molecule has 0 aromatic heterocycles. The van der Waals surface area contributed by atoms with Gasteiger partial charge in [0.05, 0.1) is 19.1 Å². The van der Waals surface area contributed by atoms with Gasteiger partial charge in [-0.3, -0.25) is 9.59 Å². The second kappa shape index (κ2) is 10.1. The number of amides is 1. The molecule has 0 fully saturated rings. The Balaban J connectivity index is 2.76. The maximum atomic E-state index is 12.8. The Labute approximate surface area is 144 Å². The second-order valence-electron chi connectivity index (χ2n) is 6.31. The molecule has 0 saturated carbocycles. The first-order valence-corrected chi connectivity index (χ1v) is 8.40. The highest BCUT2D eigenvalue weighted by molar-refractivity contribution is 5.94. The van der Waals surface area contributed by atoms with Crippen molar-refractivity contribution in [2.45, 2.75) is 40.2 Å². The first kappa shape index (κ1) is 20.2. The molecule has 0 spiro atoms. The van der Waals surface area contributed by atoms with Gasteiger partial charge in [0.1, 0.15) is 0 Å². The Morgan fingerprint density at radius 2 is 1.75 bits per heavy atom. The number of hydrogen-bond donors (Lipinski definition) is 0. The first-order chi connectivity index (χ1) is 11.3. The number of aryl methyl sites for hydroxylation is 1. The van der Waals surface area contributed by atoms with Crippen LogP contribution in [0.5, 0.6) is 0 Å². The van der Waals surface area contributed by atoms with Gasteiger partial charge in [-0.2, -0.15) is 0 Å². The normalized spacial score (nSPS) is 12.1. The summed E-state index contributed by atoms with van der Waals surface area (Å²) in [6.45, 7) is 9.17. The molecule has 1 atom stereocenters. The summed E-state index contributed by atoms with van der Waals surface area (Å²) in [5.74, 6) is -0.749. The molecule has 1 unspecified atom stereocenters. The summed E-state index contributed by atoms with van der Waals surface area (Å²) in [5.41, 5.74) is 1.73. The summed E-state index contributed by atoms with van der Waals surface area (Å²) in [6.07, 6.45) is 0.893. The third-order valence-corrected chi connectivity index (χ3v) is 3.71. The molecular weight excluding hydrogens is 306 g/mol. The number of carbonyl (C=O) groups excluding carboxylic acids is 2. The van der Waals surface area contributed by atoms with Crippen LogP contribution in [-0.4, -0.2) is 49.7 Å². The molecule has 0 aliphatic carbocycles. The Bertz CT molecular complexity index is 525. The average Bonchev–Trinajstić information content (AvgIpc) is 2.56. The van der Waals surface area contributed by atoms with Gasteiger partial charge < -0.3 is 14.4 Å². The summed E-state index contributed by atoms with van der Waals surface area (Å²) < 4.78 is 10.3. The van der Waals surface area contributed by atoms with Crippen molar-refractivity contribution < 1.29 is 19.1 Å². The topological polar surface area (TPSA) is 55.8 Å². The lowest BCUT2D eigenvalue weighted by atomic mass is 10.1. The zero-order chi connectivity index (χ0) is 18.1. The highest BCUT2D eigenvalue weighted by atomic mass is 16.5. The molecule has 24 heavy (non-hydrogen) atoms. The molecule has 0 bridgehead atoms. The maximum absolute atomic E-state index is 12.8. The van der Waals surface area contributed by atoms with Gasteiger partial charge in [-0.1, -0.05) is 24.6 Å². The molecule has 1 aromatic carbocycles. The minimum absolute atomic E-state index is 0.0738. The van der Waals surface area contributed by atoms with Crippen molar-refractivity contribution in [1.82, 2.24) is 4.90 Å². The minimum atomic E-state index is -0.365. The van der Waals surface area contributed by atoms with E-state index < -0.39 is 0 Å². The third-order valence-electron chi connectivity index (χ3n) is 3.71. The summed E-state index contributed by atoms with van der Waals surface area (Å²) in [6, 6.07) is 7.46. The summed E-state index contributed by atoms with van der Waals surface area (Å²) in [5, 5.41) is 0. The standard InChI is InChI=1S/C19H29NO4/c1-14(2)24-12-6-11-20(13-16(4)19(22)23-5)18(21)17-9-7-15(3)8-10-17/h7-10,14,16H,6,11-13H2,1-5H3. The van der Waals surface area contributed by atoms with Gasteiger partial charge in [0.2, 0.25) is 0 Å². The van der Waals surface area contributed by atoms with Crippen molar-refractivity contribution in [2.24, 2.45) is 5.92 Å². The predicted molar refractivity (Wildman–Crippen MR) is 94.0 cm³/mol.